The Labute approximate surface area is 130 Å². The van der Waals surface area contributed by atoms with Gasteiger partial charge in [-0.05, 0) is 37.0 Å². The number of hydrogen-bond acceptors (Lipinski definition) is 4. The third-order valence-electron chi connectivity index (χ3n) is 3.95. The second-order valence-corrected chi connectivity index (χ2v) is 6.64. The fraction of sp³-hybridized carbons (Fsp3) is 0.562. The Kier molecular flexibility index (Phi) is 4.58. The summed E-state index contributed by atoms with van der Waals surface area (Å²) in [4.78, 5) is 4.67. The Morgan fingerprint density at radius 3 is 2.86 bits per heavy atom. The summed E-state index contributed by atoms with van der Waals surface area (Å²) < 4.78 is 11.1. The van der Waals surface area contributed by atoms with Gasteiger partial charge in [-0.2, -0.15) is 0 Å². The van der Waals surface area contributed by atoms with Gasteiger partial charge in [0.15, 0.2) is 16.7 Å². The molecule has 2 unspecified atom stereocenters. The van der Waals surface area contributed by atoms with Gasteiger partial charge in [0, 0.05) is 18.3 Å². The maximum Gasteiger partial charge on any atom is 0.161 e. The van der Waals surface area contributed by atoms with E-state index in [0.717, 1.165) is 35.4 Å². The molecule has 114 valence electrons. The van der Waals surface area contributed by atoms with Crippen molar-refractivity contribution in [3.05, 3.63) is 23.8 Å². The number of aliphatic imine (C=N–C) groups is 1. The number of benzene rings is 1. The number of rotatable bonds is 3. The molecule has 2 aliphatic heterocycles. The lowest BCUT2D eigenvalue weighted by Crippen LogP contribution is -2.41. The molecule has 0 saturated carbocycles. The minimum absolute atomic E-state index is 0.513. The van der Waals surface area contributed by atoms with Crippen molar-refractivity contribution in [2.45, 2.75) is 26.3 Å². The molecule has 1 aromatic rings. The molecule has 1 saturated heterocycles. The monoisotopic (exact) mass is 306 g/mol. The second-order valence-electron chi connectivity index (χ2n) is 5.64. The number of nitrogens with zero attached hydrogens (tertiary/aromatic N) is 1. The Morgan fingerprint density at radius 1 is 1.24 bits per heavy atom. The predicted molar refractivity (Wildman–Crippen MR) is 87.7 cm³/mol. The van der Waals surface area contributed by atoms with E-state index in [1.165, 1.54) is 5.56 Å². The predicted octanol–water partition coefficient (Wildman–Crippen LogP) is 2.72. The van der Waals surface area contributed by atoms with Crippen molar-refractivity contribution in [2.75, 3.05) is 25.5 Å². The van der Waals surface area contributed by atoms with E-state index in [1.807, 2.05) is 17.8 Å². The molecule has 0 bridgehead atoms. The summed E-state index contributed by atoms with van der Waals surface area (Å²) in [5, 5.41) is 4.55. The summed E-state index contributed by atoms with van der Waals surface area (Å²) in [6.45, 7) is 6.57. The molecular formula is C16H22N2O2S. The normalized spacial score (nSPS) is 26.5. The van der Waals surface area contributed by atoms with E-state index >= 15 is 0 Å². The van der Waals surface area contributed by atoms with Crippen molar-refractivity contribution < 1.29 is 9.47 Å². The van der Waals surface area contributed by atoms with Gasteiger partial charge >= 0.3 is 0 Å². The number of thioether (sulfide) groups is 1. The minimum atomic E-state index is 0.513. The summed E-state index contributed by atoms with van der Waals surface area (Å²) in [5.74, 6) is 3.56. The van der Waals surface area contributed by atoms with Gasteiger partial charge in [-0.3, -0.25) is 4.99 Å². The molecule has 4 nitrogen and oxygen atoms in total. The van der Waals surface area contributed by atoms with E-state index in [1.54, 1.807) is 0 Å². The zero-order chi connectivity index (χ0) is 14.7. The minimum Gasteiger partial charge on any atom is -0.486 e. The van der Waals surface area contributed by atoms with Crippen LogP contribution < -0.4 is 14.8 Å². The van der Waals surface area contributed by atoms with E-state index in [0.29, 0.717) is 25.2 Å². The first-order valence-electron chi connectivity index (χ1n) is 7.54. The van der Waals surface area contributed by atoms with Crippen LogP contribution in [0.15, 0.2) is 23.2 Å². The second kappa shape index (κ2) is 6.60. The van der Waals surface area contributed by atoms with E-state index in [9.17, 15) is 0 Å². The molecule has 0 spiro atoms. The molecule has 1 N–H and O–H groups in total. The van der Waals surface area contributed by atoms with Crippen LogP contribution in [0.25, 0.3) is 0 Å². The number of ether oxygens (including phenoxy) is 2. The zero-order valence-electron chi connectivity index (χ0n) is 12.6. The van der Waals surface area contributed by atoms with Crippen molar-refractivity contribution in [1.82, 2.24) is 5.32 Å². The van der Waals surface area contributed by atoms with Crippen LogP contribution in [-0.4, -0.2) is 36.7 Å². The first kappa shape index (κ1) is 14.6. The van der Waals surface area contributed by atoms with E-state index < -0.39 is 0 Å². The van der Waals surface area contributed by atoms with Crippen LogP contribution in [0.3, 0.4) is 0 Å². The number of hydrogen-bond donors (Lipinski definition) is 1. The van der Waals surface area contributed by atoms with Gasteiger partial charge in [0.2, 0.25) is 0 Å². The summed E-state index contributed by atoms with van der Waals surface area (Å²) in [5.41, 5.74) is 1.24. The van der Waals surface area contributed by atoms with Gasteiger partial charge in [-0.1, -0.05) is 24.8 Å². The standard InChI is InChI=1S/C16H22N2O2S/c1-11-10-21-16(18-12(11)2)17-6-5-13-3-4-14-15(9-13)20-8-7-19-14/h3-4,9,11-12H,5-8,10H2,1-2H3,(H,17,18). The van der Waals surface area contributed by atoms with Gasteiger partial charge in [0.1, 0.15) is 13.2 Å². The molecule has 1 fully saturated rings. The van der Waals surface area contributed by atoms with Crippen LogP contribution in [0.1, 0.15) is 19.4 Å². The Balaban J connectivity index is 1.55. The molecule has 0 aromatic heterocycles. The van der Waals surface area contributed by atoms with Crippen LogP contribution >= 0.6 is 11.8 Å². The number of fused-ring (bicyclic) bond motifs is 1. The zero-order valence-corrected chi connectivity index (χ0v) is 13.4. The lowest BCUT2D eigenvalue weighted by molar-refractivity contribution is 0.171. The molecule has 0 amide bonds. The van der Waals surface area contributed by atoms with Crippen LogP contribution in [0.5, 0.6) is 11.5 Å². The van der Waals surface area contributed by atoms with Crippen molar-refractivity contribution in [3.8, 4) is 11.5 Å². The molecular weight excluding hydrogens is 284 g/mol. The first-order valence-corrected chi connectivity index (χ1v) is 8.53. The van der Waals surface area contributed by atoms with E-state index in [-0.39, 0.29) is 0 Å². The number of amidine groups is 1. The van der Waals surface area contributed by atoms with Gasteiger partial charge in [-0.25, -0.2) is 0 Å². The highest BCUT2D eigenvalue weighted by Crippen LogP contribution is 2.30. The van der Waals surface area contributed by atoms with E-state index in [2.05, 4.69) is 36.3 Å². The SMILES string of the molecule is CC1CSC(=NCCc2ccc3c(c2)OCCO3)NC1C. The van der Waals surface area contributed by atoms with Crippen LogP contribution in [-0.2, 0) is 6.42 Å². The summed E-state index contributed by atoms with van der Waals surface area (Å²) in [7, 11) is 0. The van der Waals surface area contributed by atoms with Crippen LogP contribution in [0, 0.1) is 5.92 Å². The third-order valence-corrected chi connectivity index (χ3v) is 5.16. The topological polar surface area (TPSA) is 42.9 Å². The lowest BCUT2D eigenvalue weighted by atomic mass is 10.1. The molecule has 21 heavy (non-hydrogen) atoms. The van der Waals surface area contributed by atoms with Gasteiger partial charge < -0.3 is 14.8 Å². The Hall–Kier alpha value is -1.36. The van der Waals surface area contributed by atoms with Gasteiger partial charge in [-0.15, -0.1) is 0 Å². The molecule has 0 radical (unpaired) electrons. The van der Waals surface area contributed by atoms with Crippen LogP contribution in [0.2, 0.25) is 0 Å². The van der Waals surface area contributed by atoms with Crippen molar-refractivity contribution in [1.29, 1.82) is 0 Å². The third kappa shape index (κ3) is 3.64. The highest BCUT2D eigenvalue weighted by Gasteiger charge is 2.20. The average Bonchev–Trinajstić information content (AvgIpc) is 2.51. The smallest absolute Gasteiger partial charge is 0.161 e. The fourth-order valence-corrected chi connectivity index (χ4v) is 3.52. The largest absolute Gasteiger partial charge is 0.486 e. The van der Waals surface area contributed by atoms with Crippen molar-refractivity contribution in [3.63, 3.8) is 0 Å². The molecule has 2 heterocycles. The Morgan fingerprint density at radius 2 is 2.05 bits per heavy atom. The van der Waals surface area contributed by atoms with Crippen LogP contribution in [0.4, 0.5) is 0 Å². The van der Waals surface area contributed by atoms with E-state index in [4.69, 9.17) is 9.47 Å². The maximum absolute atomic E-state index is 5.61. The summed E-state index contributed by atoms with van der Waals surface area (Å²) in [6, 6.07) is 6.67. The molecule has 3 rings (SSSR count). The molecule has 2 atom stereocenters. The molecule has 2 aliphatic rings. The maximum atomic E-state index is 5.61. The fourth-order valence-electron chi connectivity index (χ4n) is 2.35. The summed E-state index contributed by atoms with van der Waals surface area (Å²) >= 11 is 1.83. The van der Waals surface area contributed by atoms with Crippen molar-refractivity contribution in [2.24, 2.45) is 10.9 Å². The first-order chi connectivity index (χ1) is 10.2. The molecule has 5 heteroatoms. The molecule has 0 aliphatic carbocycles. The molecule has 1 aromatic carbocycles. The lowest BCUT2D eigenvalue weighted by Gasteiger charge is -2.28. The highest BCUT2D eigenvalue weighted by atomic mass is 32.2. The quantitative estimate of drug-likeness (QED) is 0.932. The summed E-state index contributed by atoms with van der Waals surface area (Å²) in [6.07, 6.45) is 0.923. The highest BCUT2D eigenvalue weighted by molar-refractivity contribution is 8.13. The van der Waals surface area contributed by atoms with Gasteiger partial charge in [0.05, 0.1) is 0 Å². The Bertz CT molecular complexity index is 533. The van der Waals surface area contributed by atoms with Crippen molar-refractivity contribution >= 4 is 16.9 Å². The number of nitrogens with one attached hydrogen (secondary N) is 1. The average molecular weight is 306 g/mol. The van der Waals surface area contributed by atoms with Gasteiger partial charge in [0.25, 0.3) is 0 Å².